The molecule has 2 aromatic heterocycles. The molecular formula is C18H18N2O5S2. The van der Waals surface area contributed by atoms with Crippen molar-refractivity contribution in [2.45, 2.75) is 23.8 Å². The number of rotatable bonds is 5. The van der Waals surface area contributed by atoms with Crippen LogP contribution in [0.5, 0.6) is 0 Å². The summed E-state index contributed by atoms with van der Waals surface area (Å²) in [5.41, 5.74) is 0.645. The van der Waals surface area contributed by atoms with Crippen molar-refractivity contribution in [1.29, 1.82) is 0 Å². The lowest BCUT2D eigenvalue weighted by atomic mass is 10.2. The predicted molar refractivity (Wildman–Crippen MR) is 102 cm³/mol. The van der Waals surface area contributed by atoms with E-state index in [4.69, 9.17) is 9.15 Å². The smallest absolute Gasteiger partial charge is 0.295 e. The largest absolute Gasteiger partial charge is 0.459 e. The number of fused-ring (bicyclic) bond motifs is 1. The van der Waals surface area contributed by atoms with Crippen molar-refractivity contribution >= 4 is 42.4 Å². The van der Waals surface area contributed by atoms with Crippen LogP contribution >= 0.6 is 11.3 Å². The number of hydrogen-bond donors (Lipinski definition) is 0. The van der Waals surface area contributed by atoms with Gasteiger partial charge in [0.2, 0.25) is 0 Å². The zero-order chi connectivity index (χ0) is 19.0. The van der Waals surface area contributed by atoms with E-state index in [1.807, 2.05) is 0 Å². The summed E-state index contributed by atoms with van der Waals surface area (Å²) in [7, 11) is -3.31. The van der Waals surface area contributed by atoms with Gasteiger partial charge in [-0.1, -0.05) is 11.3 Å². The van der Waals surface area contributed by atoms with Crippen LogP contribution in [0.3, 0.4) is 0 Å². The van der Waals surface area contributed by atoms with Gasteiger partial charge in [0.15, 0.2) is 20.7 Å². The summed E-state index contributed by atoms with van der Waals surface area (Å²) >= 11 is 1.28. The third-order valence-electron chi connectivity index (χ3n) is 4.39. The number of amides is 1. The van der Waals surface area contributed by atoms with Gasteiger partial charge in [-0.3, -0.25) is 9.69 Å². The molecule has 0 N–H and O–H groups in total. The fraction of sp³-hybridized carbons (Fsp3) is 0.333. The van der Waals surface area contributed by atoms with Gasteiger partial charge in [-0.05, 0) is 43.2 Å². The van der Waals surface area contributed by atoms with E-state index in [1.54, 1.807) is 29.2 Å². The molecule has 1 aliphatic rings. The first-order valence-corrected chi connectivity index (χ1v) is 11.2. The lowest BCUT2D eigenvalue weighted by molar-refractivity contribution is 0.0895. The molecular weight excluding hydrogens is 388 g/mol. The van der Waals surface area contributed by atoms with Gasteiger partial charge in [0.25, 0.3) is 5.91 Å². The Labute approximate surface area is 160 Å². The van der Waals surface area contributed by atoms with Crippen LogP contribution in [0.4, 0.5) is 5.13 Å². The number of ether oxygens (including phenoxy) is 1. The molecule has 27 heavy (non-hydrogen) atoms. The molecule has 1 aromatic carbocycles. The van der Waals surface area contributed by atoms with Crippen LogP contribution in [0.15, 0.2) is 45.9 Å². The first-order chi connectivity index (χ1) is 12.9. The summed E-state index contributed by atoms with van der Waals surface area (Å²) in [5, 5.41) is 0.493. The molecule has 1 saturated heterocycles. The molecule has 0 aliphatic carbocycles. The lowest BCUT2D eigenvalue weighted by Crippen LogP contribution is -2.37. The predicted octanol–water partition coefficient (Wildman–Crippen LogP) is 3.12. The van der Waals surface area contributed by atoms with Gasteiger partial charge >= 0.3 is 0 Å². The van der Waals surface area contributed by atoms with Crippen LogP contribution in [0.2, 0.25) is 0 Å². The Hall–Kier alpha value is -2.23. The summed E-state index contributed by atoms with van der Waals surface area (Å²) in [5.74, 6) is -0.0676. The number of carbonyl (C=O) groups excluding carboxylic acids is 1. The van der Waals surface area contributed by atoms with E-state index >= 15 is 0 Å². The zero-order valence-corrected chi connectivity index (χ0v) is 16.3. The van der Waals surface area contributed by atoms with E-state index in [0.29, 0.717) is 28.5 Å². The number of furan rings is 1. The van der Waals surface area contributed by atoms with Crippen LogP contribution in [0.1, 0.15) is 23.4 Å². The Morgan fingerprint density at radius 2 is 2.22 bits per heavy atom. The first-order valence-electron chi connectivity index (χ1n) is 8.49. The number of benzene rings is 1. The number of thiazole rings is 1. The first kappa shape index (κ1) is 18.1. The minimum atomic E-state index is -3.31. The maximum atomic E-state index is 12.9. The fourth-order valence-electron chi connectivity index (χ4n) is 3.01. The quantitative estimate of drug-likeness (QED) is 0.647. The van der Waals surface area contributed by atoms with E-state index in [1.165, 1.54) is 29.9 Å². The van der Waals surface area contributed by atoms with E-state index < -0.39 is 9.84 Å². The average Bonchev–Trinajstić information content (AvgIpc) is 3.38. The molecule has 9 heteroatoms. The molecule has 3 aromatic rings. The van der Waals surface area contributed by atoms with Crippen LogP contribution in [-0.4, -0.2) is 44.8 Å². The monoisotopic (exact) mass is 406 g/mol. The topological polar surface area (TPSA) is 89.7 Å². The van der Waals surface area contributed by atoms with Crippen molar-refractivity contribution in [1.82, 2.24) is 4.98 Å². The minimum absolute atomic E-state index is 0.0532. The van der Waals surface area contributed by atoms with Gasteiger partial charge in [-0.15, -0.1) is 0 Å². The van der Waals surface area contributed by atoms with Gasteiger partial charge < -0.3 is 9.15 Å². The van der Waals surface area contributed by atoms with Crippen molar-refractivity contribution in [3.8, 4) is 0 Å². The Kier molecular flexibility index (Phi) is 4.75. The zero-order valence-electron chi connectivity index (χ0n) is 14.6. The molecule has 4 rings (SSSR count). The summed E-state index contributed by atoms with van der Waals surface area (Å²) in [6.45, 7) is 1.06. The maximum Gasteiger partial charge on any atom is 0.295 e. The van der Waals surface area contributed by atoms with Gasteiger partial charge in [-0.25, -0.2) is 13.4 Å². The third-order valence-corrected chi connectivity index (χ3v) is 6.55. The van der Waals surface area contributed by atoms with E-state index in [0.717, 1.165) is 12.8 Å². The standard InChI is InChI=1S/C18H18N2O5S2/c1-27(22,23)13-6-7-14-16(10-13)26-18(19-14)20(11-12-4-2-8-24-12)17(21)15-5-3-9-25-15/h3,5-7,9-10,12H,2,4,8,11H2,1H3/t12-/m1/s1. The number of anilines is 1. The Bertz CT molecular complexity index is 1070. The maximum absolute atomic E-state index is 12.9. The van der Waals surface area contributed by atoms with E-state index in [9.17, 15) is 13.2 Å². The Morgan fingerprint density at radius 1 is 1.37 bits per heavy atom. The molecule has 0 unspecified atom stereocenters. The van der Waals surface area contributed by atoms with Gasteiger partial charge in [0.1, 0.15) is 0 Å². The highest BCUT2D eigenvalue weighted by atomic mass is 32.2. The molecule has 7 nitrogen and oxygen atoms in total. The van der Waals surface area contributed by atoms with Crippen molar-refractivity contribution in [3.63, 3.8) is 0 Å². The van der Waals surface area contributed by atoms with Crippen molar-refractivity contribution in [2.75, 3.05) is 24.3 Å². The van der Waals surface area contributed by atoms with Crippen molar-refractivity contribution in [3.05, 3.63) is 42.4 Å². The lowest BCUT2D eigenvalue weighted by Gasteiger charge is -2.22. The SMILES string of the molecule is CS(=O)(=O)c1ccc2nc(N(C[C@H]3CCCO3)C(=O)c3ccco3)sc2c1. The average molecular weight is 406 g/mol. The molecule has 1 atom stereocenters. The van der Waals surface area contributed by atoms with Gasteiger partial charge in [-0.2, -0.15) is 0 Å². The second kappa shape index (κ2) is 7.06. The highest BCUT2D eigenvalue weighted by Gasteiger charge is 2.28. The van der Waals surface area contributed by atoms with Crippen molar-refractivity contribution < 1.29 is 22.4 Å². The molecule has 1 fully saturated rings. The van der Waals surface area contributed by atoms with Gasteiger partial charge in [0.05, 0.1) is 34.0 Å². The second-order valence-electron chi connectivity index (χ2n) is 6.43. The molecule has 3 heterocycles. The number of sulfone groups is 1. The molecule has 1 amide bonds. The summed E-state index contributed by atoms with van der Waals surface area (Å²) in [4.78, 5) is 19.3. The van der Waals surface area contributed by atoms with E-state index in [-0.39, 0.29) is 22.7 Å². The summed E-state index contributed by atoms with van der Waals surface area (Å²) < 4.78 is 35.3. The number of carbonyl (C=O) groups is 1. The summed E-state index contributed by atoms with van der Waals surface area (Å²) in [6.07, 6.45) is 4.41. The van der Waals surface area contributed by atoms with Crippen LogP contribution in [-0.2, 0) is 14.6 Å². The highest BCUT2D eigenvalue weighted by molar-refractivity contribution is 7.90. The van der Waals surface area contributed by atoms with Crippen molar-refractivity contribution in [2.24, 2.45) is 0 Å². The number of nitrogens with zero attached hydrogens (tertiary/aromatic N) is 2. The minimum Gasteiger partial charge on any atom is -0.459 e. The van der Waals surface area contributed by atoms with Gasteiger partial charge in [0, 0.05) is 12.9 Å². The van der Waals surface area contributed by atoms with E-state index in [2.05, 4.69) is 4.98 Å². The second-order valence-corrected chi connectivity index (χ2v) is 9.45. The summed E-state index contributed by atoms with van der Waals surface area (Å²) in [6, 6.07) is 8.05. The normalized spacial score (nSPS) is 17.4. The van der Waals surface area contributed by atoms with Crippen LogP contribution in [0, 0.1) is 0 Å². The van der Waals surface area contributed by atoms with Crippen LogP contribution < -0.4 is 4.90 Å². The highest BCUT2D eigenvalue weighted by Crippen LogP contribution is 2.32. The molecule has 0 bridgehead atoms. The molecule has 142 valence electrons. The van der Waals surface area contributed by atoms with Crippen LogP contribution in [0.25, 0.3) is 10.2 Å². The Balaban J connectivity index is 1.73. The number of hydrogen-bond acceptors (Lipinski definition) is 7. The number of aromatic nitrogens is 1. The molecule has 0 saturated carbocycles. The molecule has 1 aliphatic heterocycles. The Morgan fingerprint density at radius 3 is 2.89 bits per heavy atom. The third kappa shape index (κ3) is 3.76. The molecule has 0 spiro atoms. The molecule has 0 radical (unpaired) electrons. The fourth-order valence-corrected chi connectivity index (χ4v) is 4.75.